The van der Waals surface area contributed by atoms with Crippen molar-refractivity contribution in [1.29, 1.82) is 0 Å². The van der Waals surface area contributed by atoms with Gasteiger partial charge in [-0.05, 0) is 36.4 Å². The van der Waals surface area contributed by atoms with Gasteiger partial charge in [-0.15, -0.1) is 0 Å². The quantitative estimate of drug-likeness (QED) is 0.844. The Morgan fingerprint density at radius 1 is 1.23 bits per heavy atom. The maximum atomic E-state index is 12.2. The van der Waals surface area contributed by atoms with E-state index >= 15 is 0 Å². The van der Waals surface area contributed by atoms with Gasteiger partial charge in [-0.2, -0.15) is 0 Å². The monoisotopic (exact) mass is 374 g/mol. The van der Waals surface area contributed by atoms with Crippen molar-refractivity contribution < 1.29 is 19.1 Å². The van der Waals surface area contributed by atoms with Crippen molar-refractivity contribution in [2.75, 3.05) is 25.2 Å². The number of amides is 2. The van der Waals surface area contributed by atoms with Crippen LogP contribution in [0, 0.1) is 0 Å². The van der Waals surface area contributed by atoms with Gasteiger partial charge >= 0.3 is 0 Å². The number of anilines is 1. The van der Waals surface area contributed by atoms with Gasteiger partial charge in [0.25, 0.3) is 5.91 Å². The first kappa shape index (κ1) is 18.1. The first-order valence-electron chi connectivity index (χ1n) is 8.17. The third-order valence-corrected chi connectivity index (χ3v) is 4.29. The number of carbonyl (C=O) groups excluding carboxylic acids is 2. The van der Waals surface area contributed by atoms with E-state index in [0.717, 1.165) is 5.69 Å². The zero-order chi connectivity index (χ0) is 18.5. The molecule has 1 aliphatic heterocycles. The summed E-state index contributed by atoms with van der Waals surface area (Å²) in [6, 6.07) is 13.8. The van der Waals surface area contributed by atoms with Gasteiger partial charge in [-0.25, -0.2) is 0 Å². The summed E-state index contributed by atoms with van der Waals surface area (Å²) in [6.45, 7) is 0.296. The average Bonchev–Trinajstić information content (AvgIpc) is 3.01. The maximum Gasteiger partial charge on any atom is 0.258 e. The summed E-state index contributed by atoms with van der Waals surface area (Å²) in [6.07, 6.45) is 0.257. The molecule has 2 aromatic rings. The van der Waals surface area contributed by atoms with Crippen LogP contribution in [0.1, 0.15) is 6.42 Å². The van der Waals surface area contributed by atoms with Crippen molar-refractivity contribution >= 4 is 29.1 Å². The second-order valence-electron chi connectivity index (χ2n) is 5.92. The summed E-state index contributed by atoms with van der Waals surface area (Å²) < 4.78 is 10.6. The van der Waals surface area contributed by atoms with Gasteiger partial charge in [0.15, 0.2) is 6.61 Å². The summed E-state index contributed by atoms with van der Waals surface area (Å²) >= 11 is 5.87. The molecule has 0 spiro atoms. The Hall–Kier alpha value is -2.73. The number of benzene rings is 2. The zero-order valence-electron chi connectivity index (χ0n) is 14.3. The molecule has 1 fully saturated rings. The van der Waals surface area contributed by atoms with E-state index in [1.165, 1.54) is 0 Å². The number of nitrogens with one attached hydrogen (secondary N) is 1. The van der Waals surface area contributed by atoms with Crippen LogP contribution >= 0.6 is 11.6 Å². The Morgan fingerprint density at radius 2 is 1.96 bits per heavy atom. The Bertz CT molecular complexity index is 794. The second kappa shape index (κ2) is 8.10. The molecule has 0 aromatic heterocycles. The van der Waals surface area contributed by atoms with E-state index in [9.17, 15) is 9.59 Å². The van der Waals surface area contributed by atoms with Crippen LogP contribution in [-0.2, 0) is 9.59 Å². The lowest BCUT2D eigenvalue weighted by molar-refractivity contribution is -0.123. The molecule has 1 aliphatic rings. The van der Waals surface area contributed by atoms with Crippen LogP contribution in [0.15, 0.2) is 48.5 Å². The van der Waals surface area contributed by atoms with Gasteiger partial charge in [0, 0.05) is 29.7 Å². The second-order valence-corrected chi connectivity index (χ2v) is 6.35. The summed E-state index contributed by atoms with van der Waals surface area (Å²) in [5.74, 6) is 0.891. The van der Waals surface area contributed by atoms with E-state index in [-0.39, 0.29) is 30.9 Å². The lowest BCUT2D eigenvalue weighted by atomic mass is 10.2. The molecule has 1 saturated heterocycles. The van der Waals surface area contributed by atoms with E-state index in [1.54, 1.807) is 60.5 Å². The van der Waals surface area contributed by atoms with Crippen LogP contribution < -0.4 is 19.7 Å². The highest BCUT2D eigenvalue weighted by atomic mass is 35.5. The molecule has 2 amide bonds. The van der Waals surface area contributed by atoms with Gasteiger partial charge in [0.1, 0.15) is 11.5 Å². The molecule has 0 saturated carbocycles. The number of nitrogens with zero attached hydrogens (tertiary/aromatic N) is 1. The summed E-state index contributed by atoms with van der Waals surface area (Å²) in [5, 5.41) is 3.45. The average molecular weight is 375 g/mol. The molecular formula is C19H19ClN2O4. The van der Waals surface area contributed by atoms with Crippen molar-refractivity contribution in [2.45, 2.75) is 12.5 Å². The van der Waals surface area contributed by atoms with E-state index in [4.69, 9.17) is 21.1 Å². The minimum absolute atomic E-state index is 0.0358. The number of ether oxygens (including phenoxy) is 2. The molecule has 26 heavy (non-hydrogen) atoms. The van der Waals surface area contributed by atoms with Crippen LogP contribution in [0.25, 0.3) is 0 Å². The molecule has 0 unspecified atom stereocenters. The van der Waals surface area contributed by atoms with Crippen LogP contribution in [0.4, 0.5) is 5.69 Å². The molecular weight excluding hydrogens is 356 g/mol. The van der Waals surface area contributed by atoms with E-state index < -0.39 is 0 Å². The maximum absolute atomic E-state index is 12.2. The molecule has 1 heterocycles. The van der Waals surface area contributed by atoms with E-state index in [1.807, 2.05) is 0 Å². The van der Waals surface area contributed by atoms with Crippen LogP contribution in [0.3, 0.4) is 0 Å². The largest absolute Gasteiger partial charge is 0.497 e. The van der Waals surface area contributed by atoms with Crippen molar-refractivity contribution in [3.63, 3.8) is 0 Å². The number of hydrogen-bond acceptors (Lipinski definition) is 4. The van der Waals surface area contributed by atoms with Crippen LogP contribution in [0.2, 0.25) is 5.02 Å². The van der Waals surface area contributed by atoms with Crippen molar-refractivity contribution in [1.82, 2.24) is 5.32 Å². The Kier molecular flexibility index (Phi) is 5.63. The fourth-order valence-electron chi connectivity index (χ4n) is 2.78. The lowest BCUT2D eigenvalue weighted by Crippen LogP contribution is -2.39. The zero-order valence-corrected chi connectivity index (χ0v) is 15.0. The van der Waals surface area contributed by atoms with Gasteiger partial charge in [-0.3, -0.25) is 9.59 Å². The topological polar surface area (TPSA) is 67.9 Å². The van der Waals surface area contributed by atoms with Gasteiger partial charge in [0.2, 0.25) is 5.91 Å². The molecule has 1 N–H and O–H groups in total. The first-order valence-corrected chi connectivity index (χ1v) is 8.55. The van der Waals surface area contributed by atoms with Crippen molar-refractivity contribution in [3.05, 3.63) is 53.6 Å². The molecule has 0 radical (unpaired) electrons. The van der Waals surface area contributed by atoms with E-state index in [2.05, 4.69) is 5.32 Å². The highest BCUT2D eigenvalue weighted by Crippen LogP contribution is 2.23. The summed E-state index contributed by atoms with van der Waals surface area (Å²) in [4.78, 5) is 25.9. The van der Waals surface area contributed by atoms with Gasteiger partial charge < -0.3 is 19.7 Å². The summed E-state index contributed by atoms with van der Waals surface area (Å²) in [7, 11) is 1.56. The molecule has 0 aliphatic carbocycles. The summed E-state index contributed by atoms with van der Waals surface area (Å²) in [5.41, 5.74) is 0.767. The number of carbonyl (C=O) groups is 2. The molecule has 0 bridgehead atoms. The Morgan fingerprint density at radius 3 is 2.69 bits per heavy atom. The first-order chi connectivity index (χ1) is 12.5. The van der Waals surface area contributed by atoms with Gasteiger partial charge in [0.05, 0.1) is 13.2 Å². The molecule has 6 nitrogen and oxygen atoms in total. The molecule has 136 valence electrons. The lowest BCUT2D eigenvalue weighted by Gasteiger charge is -2.17. The number of halogens is 1. The predicted octanol–water partition coefficient (Wildman–Crippen LogP) is 2.65. The smallest absolute Gasteiger partial charge is 0.258 e. The number of hydrogen-bond donors (Lipinski definition) is 1. The minimum atomic E-state index is -0.274. The number of methoxy groups -OCH3 is 1. The van der Waals surface area contributed by atoms with Crippen molar-refractivity contribution in [2.24, 2.45) is 0 Å². The van der Waals surface area contributed by atoms with Crippen LogP contribution in [0.5, 0.6) is 11.5 Å². The van der Waals surface area contributed by atoms with Crippen molar-refractivity contribution in [3.8, 4) is 11.5 Å². The molecule has 2 aromatic carbocycles. The normalized spacial score (nSPS) is 16.5. The molecule has 3 rings (SSSR count). The van der Waals surface area contributed by atoms with Crippen LogP contribution in [-0.4, -0.2) is 38.1 Å². The molecule has 7 heteroatoms. The fraction of sp³-hybridized carbons (Fsp3) is 0.263. The third kappa shape index (κ3) is 4.46. The third-order valence-electron chi connectivity index (χ3n) is 4.04. The van der Waals surface area contributed by atoms with Gasteiger partial charge in [-0.1, -0.05) is 17.7 Å². The number of rotatable bonds is 6. The highest BCUT2D eigenvalue weighted by molar-refractivity contribution is 6.30. The fourth-order valence-corrected chi connectivity index (χ4v) is 2.91. The molecule has 1 atom stereocenters. The Labute approximate surface area is 156 Å². The van der Waals surface area contributed by atoms with E-state index in [0.29, 0.717) is 23.1 Å². The Balaban J connectivity index is 1.51. The standard InChI is InChI=1S/C19H19ClN2O4/c1-25-16-3-2-4-17(10-16)26-12-18(23)21-14-9-19(24)22(11-14)15-7-5-13(20)6-8-15/h2-8,10,14H,9,11-12H2,1H3,(H,21,23)/t14-/m0/s1. The SMILES string of the molecule is COc1cccc(OCC(=O)N[C@H]2CC(=O)N(c3ccc(Cl)cc3)C2)c1. The predicted molar refractivity (Wildman–Crippen MR) is 98.8 cm³/mol. The highest BCUT2D eigenvalue weighted by Gasteiger charge is 2.31. The minimum Gasteiger partial charge on any atom is -0.497 e.